The Labute approximate surface area is 136 Å². The zero-order chi connectivity index (χ0) is 16.8. The Bertz CT molecular complexity index is 696. The van der Waals surface area contributed by atoms with Gasteiger partial charge in [0, 0.05) is 18.7 Å². The Kier molecular flexibility index (Phi) is 5.55. The molecule has 2 rings (SSSR count). The van der Waals surface area contributed by atoms with Crippen LogP contribution in [0.2, 0.25) is 0 Å². The molecule has 0 saturated carbocycles. The summed E-state index contributed by atoms with van der Waals surface area (Å²) < 4.78 is 0. The molecule has 4 nitrogen and oxygen atoms in total. The van der Waals surface area contributed by atoms with Gasteiger partial charge in [0.25, 0.3) is 0 Å². The first-order chi connectivity index (χ1) is 11.0. The molecule has 4 N–H and O–H groups in total. The number of hydrogen-bond donors (Lipinski definition) is 3. The Hall–Kier alpha value is -2.59. The van der Waals surface area contributed by atoms with Crippen molar-refractivity contribution < 1.29 is 9.90 Å². The number of hydrogen-bond acceptors (Lipinski definition) is 3. The first-order valence-corrected chi connectivity index (χ1v) is 7.58. The smallest absolute Gasteiger partial charge is 0.225 e. The second-order valence-electron chi connectivity index (χ2n) is 5.55. The maximum absolute atomic E-state index is 11.5. The average molecular weight is 310 g/mol. The summed E-state index contributed by atoms with van der Waals surface area (Å²) in [7, 11) is 0. The van der Waals surface area contributed by atoms with E-state index in [-0.39, 0.29) is 5.91 Å². The lowest BCUT2D eigenvalue weighted by atomic mass is 10.0. The molecule has 0 atom stereocenters. The largest absolute Gasteiger partial charge is 0.507 e. The highest BCUT2D eigenvalue weighted by Crippen LogP contribution is 2.24. The lowest BCUT2D eigenvalue weighted by Crippen LogP contribution is -2.15. The van der Waals surface area contributed by atoms with E-state index in [0.717, 1.165) is 27.9 Å². The molecule has 0 bridgehead atoms. The third kappa shape index (κ3) is 4.69. The number of amides is 1. The lowest BCUT2D eigenvalue weighted by Gasteiger charge is -2.05. The van der Waals surface area contributed by atoms with Gasteiger partial charge in [-0.15, -0.1) is 0 Å². The maximum atomic E-state index is 11.5. The molecule has 1 amide bonds. The summed E-state index contributed by atoms with van der Waals surface area (Å²) in [4.78, 5) is 11.5. The van der Waals surface area contributed by atoms with Crippen LogP contribution in [0.25, 0.3) is 12.2 Å². The van der Waals surface area contributed by atoms with E-state index in [1.165, 1.54) is 0 Å². The van der Waals surface area contributed by atoms with Crippen molar-refractivity contribution in [3.05, 3.63) is 58.7 Å². The first-order valence-electron chi connectivity index (χ1n) is 7.58. The van der Waals surface area contributed by atoms with Gasteiger partial charge in [-0.2, -0.15) is 0 Å². The number of carbonyl (C=O) groups excluding carboxylic acids is 1. The number of benzene rings is 2. The van der Waals surface area contributed by atoms with Crippen molar-refractivity contribution in [3.63, 3.8) is 0 Å². The molecule has 0 spiro atoms. The van der Waals surface area contributed by atoms with Crippen LogP contribution in [0.1, 0.15) is 28.7 Å². The number of nitrogens with two attached hydrogens (primary N) is 1. The number of aryl methyl sites for hydroxylation is 2. The van der Waals surface area contributed by atoms with Gasteiger partial charge in [-0.3, -0.25) is 4.79 Å². The summed E-state index contributed by atoms with van der Waals surface area (Å²) in [6, 6.07) is 11.5. The second kappa shape index (κ2) is 7.61. The van der Waals surface area contributed by atoms with Gasteiger partial charge in [-0.25, -0.2) is 0 Å². The molecule has 0 aromatic heterocycles. The van der Waals surface area contributed by atoms with Crippen LogP contribution in [0.5, 0.6) is 5.75 Å². The van der Waals surface area contributed by atoms with Gasteiger partial charge in [0.15, 0.2) is 0 Å². The van der Waals surface area contributed by atoms with Crippen LogP contribution >= 0.6 is 0 Å². The molecule has 0 radical (unpaired) electrons. The van der Waals surface area contributed by atoms with Crippen LogP contribution in [0, 0.1) is 13.8 Å². The number of phenols is 1. The van der Waals surface area contributed by atoms with E-state index in [0.29, 0.717) is 18.7 Å². The van der Waals surface area contributed by atoms with Gasteiger partial charge < -0.3 is 16.2 Å². The second-order valence-corrected chi connectivity index (χ2v) is 5.55. The van der Waals surface area contributed by atoms with E-state index >= 15 is 0 Å². The summed E-state index contributed by atoms with van der Waals surface area (Å²) in [5.74, 6) is 0.269. The Balaban J connectivity index is 2.07. The van der Waals surface area contributed by atoms with Gasteiger partial charge in [0.1, 0.15) is 5.75 Å². The van der Waals surface area contributed by atoms with E-state index < -0.39 is 0 Å². The molecule has 2 aromatic rings. The molecular weight excluding hydrogens is 288 g/mol. The number of carbonyl (C=O) groups is 1. The van der Waals surface area contributed by atoms with Crippen LogP contribution < -0.4 is 11.1 Å². The number of anilines is 1. The third-order valence-electron chi connectivity index (χ3n) is 3.55. The fraction of sp³-hybridized carbons (Fsp3) is 0.211. The van der Waals surface area contributed by atoms with Gasteiger partial charge in [-0.1, -0.05) is 24.3 Å². The monoisotopic (exact) mass is 310 g/mol. The number of phenolic OH excluding ortho intramolecular Hbond substituents is 1. The summed E-state index contributed by atoms with van der Waals surface area (Å²) >= 11 is 0. The molecule has 4 heteroatoms. The standard InChI is InChI=1S/C19H22N2O2/c1-13-11-16(12-14(2)19(13)23)4-3-15-5-7-17(8-6-15)21-18(22)9-10-20/h3-8,11-12,23H,9-10,20H2,1-2H3,(H,21,22)/b4-3+. The van der Waals surface area contributed by atoms with Crippen LogP contribution in [-0.2, 0) is 4.79 Å². The van der Waals surface area contributed by atoms with Crippen LogP contribution in [-0.4, -0.2) is 17.6 Å². The number of rotatable bonds is 5. The Morgan fingerprint density at radius 2 is 1.65 bits per heavy atom. The van der Waals surface area contributed by atoms with Crippen LogP contribution in [0.15, 0.2) is 36.4 Å². The number of nitrogens with one attached hydrogen (secondary N) is 1. The zero-order valence-electron chi connectivity index (χ0n) is 13.5. The predicted octanol–water partition coefficient (Wildman–Crippen LogP) is 3.47. The van der Waals surface area contributed by atoms with Crippen LogP contribution in [0.4, 0.5) is 5.69 Å². The molecule has 0 heterocycles. The normalized spacial score (nSPS) is 10.9. The average Bonchev–Trinajstić information content (AvgIpc) is 2.52. The van der Waals surface area contributed by atoms with Crippen molar-refractivity contribution in [1.82, 2.24) is 0 Å². The maximum Gasteiger partial charge on any atom is 0.225 e. The van der Waals surface area contributed by atoms with Crippen molar-refractivity contribution in [3.8, 4) is 5.75 Å². The molecule has 120 valence electrons. The minimum atomic E-state index is -0.0779. The van der Waals surface area contributed by atoms with Crippen LogP contribution in [0.3, 0.4) is 0 Å². The summed E-state index contributed by atoms with van der Waals surface area (Å²) in [6.45, 7) is 4.12. The fourth-order valence-electron chi connectivity index (χ4n) is 2.31. The van der Waals surface area contributed by atoms with Crippen molar-refractivity contribution in [1.29, 1.82) is 0 Å². The predicted molar refractivity (Wildman–Crippen MR) is 95.3 cm³/mol. The van der Waals surface area contributed by atoms with E-state index in [4.69, 9.17) is 5.73 Å². The molecule has 0 aliphatic carbocycles. The first kappa shape index (κ1) is 16.8. The summed E-state index contributed by atoms with van der Waals surface area (Å²) in [5, 5.41) is 12.6. The number of aromatic hydroxyl groups is 1. The molecule has 0 aliphatic heterocycles. The third-order valence-corrected chi connectivity index (χ3v) is 3.55. The van der Waals surface area contributed by atoms with Gasteiger partial charge in [0.05, 0.1) is 0 Å². The summed E-state index contributed by atoms with van der Waals surface area (Å²) in [5.41, 5.74) is 9.91. The highest BCUT2D eigenvalue weighted by atomic mass is 16.3. The molecule has 0 fully saturated rings. The van der Waals surface area contributed by atoms with Crippen molar-refractivity contribution in [2.75, 3.05) is 11.9 Å². The highest BCUT2D eigenvalue weighted by molar-refractivity contribution is 5.91. The molecule has 0 unspecified atom stereocenters. The molecule has 2 aromatic carbocycles. The minimum Gasteiger partial charge on any atom is -0.507 e. The minimum absolute atomic E-state index is 0.0779. The zero-order valence-corrected chi connectivity index (χ0v) is 13.5. The molecular formula is C19H22N2O2. The highest BCUT2D eigenvalue weighted by Gasteiger charge is 2.02. The van der Waals surface area contributed by atoms with Gasteiger partial charge in [-0.05, 0) is 60.4 Å². The molecule has 23 heavy (non-hydrogen) atoms. The van der Waals surface area contributed by atoms with Crippen molar-refractivity contribution in [2.24, 2.45) is 5.73 Å². The molecule has 0 aliphatic rings. The SMILES string of the molecule is Cc1cc(/C=C/c2ccc(NC(=O)CCN)cc2)cc(C)c1O. The Morgan fingerprint density at radius 3 is 2.22 bits per heavy atom. The van der Waals surface area contributed by atoms with Crippen molar-refractivity contribution in [2.45, 2.75) is 20.3 Å². The quantitative estimate of drug-likeness (QED) is 0.740. The van der Waals surface area contributed by atoms with Crippen molar-refractivity contribution >= 4 is 23.7 Å². The topological polar surface area (TPSA) is 75.4 Å². The van der Waals surface area contributed by atoms with E-state index in [1.54, 1.807) is 0 Å². The van der Waals surface area contributed by atoms with Gasteiger partial charge in [0.2, 0.25) is 5.91 Å². The van der Waals surface area contributed by atoms with Gasteiger partial charge >= 0.3 is 0 Å². The fourth-order valence-corrected chi connectivity index (χ4v) is 2.31. The molecule has 0 saturated heterocycles. The van der Waals surface area contributed by atoms with E-state index in [9.17, 15) is 9.90 Å². The lowest BCUT2D eigenvalue weighted by molar-refractivity contribution is -0.116. The Morgan fingerprint density at radius 1 is 1.09 bits per heavy atom. The van der Waals surface area contributed by atoms with E-state index in [1.807, 2.05) is 62.4 Å². The summed E-state index contributed by atoms with van der Waals surface area (Å²) in [6.07, 6.45) is 4.32. The van der Waals surface area contributed by atoms with E-state index in [2.05, 4.69) is 5.32 Å².